The fourth-order valence-corrected chi connectivity index (χ4v) is 7.44. The lowest BCUT2D eigenvalue weighted by molar-refractivity contribution is -0.137. The number of rotatable bonds is 7. The Bertz CT molecular complexity index is 1740. The molecule has 9 nitrogen and oxygen atoms in total. The largest absolute Gasteiger partial charge is 0.463 e. The van der Waals surface area contributed by atoms with Gasteiger partial charge >= 0.3 is 18.3 Å². The summed E-state index contributed by atoms with van der Waals surface area (Å²) < 4.78 is 71.7. The fourth-order valence-electron chi connectivity index (χ4n) is 7.16. The Labute approximate surface area is 282 Å². The van der Waals surface area contributed by atoms with Crippen LogP contribution in [-0.2, 0) is 10.9 Å². The summed E-state index contributed by atoms with van der Waals surface area (Å²) in [5.41, 5.74) is -2.92. The van der Waals surface area contributed by atoms with Crippen molar-refractivity contribution in [2.75, 3.05) is 45.2 Å². The number of nitrogens with zero attached hydrogens (tertiary/aromatic N) is 6. The zero-order chi connectivity index (χ0) is 34.9. The van der Waals surface area contributed by atoms with Gasteiger partial charge < -0.3 is 19.3 Å². The van der Waals surface area contributed by atoms with Gasteiger partial charge in [-0.05, 0) is 92.1 Å². The van der Waals surface area contributed by atoms with E-state index in [9.17, 15) is 18.0 Å². The van der Waals surface area contributed by atoms with Crippen molar-refractivity contribution >= 4 is 34.4 Å². The van der Waals surface area contributed by atoms with E-state index in [1.165, 1.54) is 19.1 Å². The van der Waals surface area contributed by atoms with Gasteiger partial charge in [-0.1, -0.05) is 11.6 Å². The first kappa shape index (κ1) is 34.4. The van der Waals surface area contributed by atoms with Gasteiger partial charge in [-0.2, -0.15) is 23.1 Å². The van der Waals surface area contributed by atoms with Crippen LogP contribution in [0.3, 0.4) is 0 Å². The molecule has 0 radical (unpaired) electrons. The number of alkyl halides is 3. The summed E-state index contributed by atoms with van der Waals surface area (Å²) >= 11 is 6.67. The first-order valence-corrected chi connectivity index (χ1v) is 16.5. The minimum Gasteiger partial charge on any atom is -0.463 e. The maximum absolute atomic E-state index is 16.8. The summed E-state index contributed by atoms with van der Waals surface area (Å²) in [6.45, 7) is 10.2. The number of anilines is 1. The third-order valence-corrected chi connectivity index (χ3v) is 9.51. The average Bonchev–Trinajstić information content (AvgIpc) is 3.64. The van der Waals surface area contributed by atoms with E-state index in [1.807, 2.05) is 39.8 Å². The monoisotopic (exact) mass is 692 g/mol. The number of piperazine rings is 1. The Hall–Kier alpha value is -3.45. The summed E-state index contributed by atoms with van der Waals surface area (Å²) in [7, 11) is 3.96. The quantitative estimate of drug-likeness (QED) is 0.237. The highest BCUT2D eigenvalue weighted by Crippen LogP contribution is 2.47. The SMILES string of the molecule is Cc1cc(C)c(C(F)(F)F)c(-c2c(Cl)cc3c(N4CC5CCC(C4)N5C(=O)OC(C)(C)C)nc(OCC4(CN(C)C)CC4)nc3c2F)n1. The van der Waals surface area contributed by atoms with Crippen molar-refractivity contribution < 1.29 is 31.8 Å². The van der Waals surface area contributed by atoms with Gasteiger partial charge in [0.15, 0.2) is 5.82 Å². The molecule has 3 aliphatic rings. The van der Waals surface area contributed by atoms with Gasteiger partial charge in [0.05, 0.1) is 40.5 Å². The second kappa shape index (κ2) is 12.2. The number of benzene rings is 1. The molecule has 2 atom stereocenters. The molecular formula is C34H41ClF4N6O3. The standard InChI is InChI=1S/C34H41ClF4N6O3/c1-18-12-19(2)40-28(25(18)34(37,38)39)24-23(35)13-22-27(26(24)36)41-30(47-17-33(10-11-33)16-43(6)7)42-29(22)44-14-20-8-9-21(15-44)45(20)31(46)48-32(3,4)5/h12-13,20-21H,8-11,14-17H2,1-7H3. The highest BCUT2D eigenvalue weighted by atomic mass is 35.5. The summed E-state index contributed by atoms with van der Waals surface area (Å²) in [6, 6.07) is 2.26. The molecule has 2 bridgehead atoms. The molecule has 1 aromatic carbocycles. The van der Waals surface area contributed by atoms with E-state index in [4.69, 9.17) is 26.1 Å². The number of ether oxygens (including phenoxy) is 2. The van der Waals surface area contributed by atoms with Crippen molar-refractivity contribution in [2.45, 2.75) is 84.2 Å². The van der Waals surface area contributed by atoms with Crippen molar-refractivity contribution in [1.82, 2.24) is 24.8 Å². The molecule has 3 aromatic rings. The predicted molar refractivity (Wildman–Crippen MR) is 175 cm³/mol. The summed E-state index contributed by atoms with van der Waals surface area (Å²) in [6.07, 6.45) is -1.80. The zero-order valence-corrected chi connectivity index (χ0v) is 29.0. The number of carbonyl (C=O) groups is 1. The summed E-state index contributed by atoms with van der Waals surface area (Å²) in [4.78, 5) is 32.3. The highest BCUT2D eigenvalue weighted by molar-refractivity contribution is 6.34. The Morgan fingerprint density at radius 3 is 2.27 bits per heavy atom. The van der Waals surface area contributed by atoms with Crippen LogP contribution in [0.25, 0.3) is 22.2 Å². The number of carbonyl (C=O) groups excluding carboxylic acids is 1. The van der Waals surface area contributed by atoms with Gasteiger partial charge in [0.25, 0.3) is 0 Å². The number of hydrogen-bond donors (Lipinski definition) is 0. The molecular weight excluding hydrogens is 652 g/mol. The van der Waals surface area contributed by atoms with Crippen molar-refractivity contribution in [1.29, 1.82) is 0 Å². The molecule has 2 unspecified atom stereocenters. The molecule has 4 heterocycles. The molecule has 14 heteroatoms. The topological polar surface area (TPSA) is 83.9 Å². The van der Waals surface area contributed by atoms with E-state index in [2.05, 4.69) is 14.9 Å². The minimum atomic E-state index is -4.81. The third kappa shape index (κ3) is 6.72. The lowest BCUT2D eigenvalue weighted by atomic mass is 9.98. The third-order valence-electron chi connectivity index (χ3n) is 9.21. The number of fused-ring (bicyclic) bond motifs is 3. The number of pyridine rings is 1. The maximum atomic E-state index is 16.8. The fraction of sp³-hybridized carbons (Fsp3) is 0.588. The number of amides is 1. The van der Waals surface area contributed by atoms with Gasteiger partial charge in [-0.15, -0.1) is 0 Å². The molecule has 1 amide bonds. The lowest BCUT2D eigenvalue weighted by Crippen LogP contribution is -2.57. The molecule has 1 aliphatic carbocycles. The molecule has 2 saturated heterocycles. The molecule has 0 spiro atoms. The summed E-state index contributed by atoms with van der Waals surface area (Å²) in [5.74, 6) is -0.705. The predicted octanol–water partition coefficient (Wildman–Crippen LogP) is 7.43. The molecule has 260 valence electrons. The number of aromatic nitrogens is 3. The highest BCUT2D eigenvalue weighted by Gasteiger charge is 2.46. The van der Waals surface area contributed by atoms with Gasteiger partial charge in [0.2, 0.25) is 0 Å². The lowest BCUT2D eigenvalue weighted by Gasteiger charge is -2.42. The molecule has 2 aromatic heterocycles. The van der Waals surface area contributed by atoms with Crippen molar-refractivity contribution in [3.8, 4) is 17.3 Å². The first-order valence-electron chi connectivity index (χ1n) is 16.2. The van der Waals surface area contributed by atoms with Gasteiger partial charge in [0, 0.05) is 36.1 Å². The second-order valence-corrected chi connectivity index (χ2v) is 15.2. The van der Waals surface area contributed by atoms with E-state index < -0.39 is 34.4 Å². The average molecular weight is 693 g/mol. The van der Waals surface area contributed by atoms with Crippen LogP contribution >= 0.6 is 11.6 Å². The van der Waals surface area contributed by atoms with Gasteiger partial charge in [0.1, 0.15) is 16.9 Å². The Kier molecular flexibility index (Phi) is 8.71. The van der Waals surface area contributed by atoms with Crippen LogP contribution in [0, 0.1) is 25.1 Å². The number of aryl methyl sites for hydroxylation is 2. The molecule has 0 N–H and O–H groups in total. The Balaban J connectivity index is 1.46. The molecule has 2 aliphatic heterocycles. The Morgan fingerprint density at radius 1 is 1.06 bits per heavy atom. The van der Waals surface area contributed by atoms with Crippen molar-refractivity contribution in [3.05, 3.63) is 39.8 Å². The molecule has 48 heavy (non-hydrogen) atoms. The van der Waals surface area contributed by atoms with Crippen LogP contribution < -0.4 is 9.64 Å². The van der Waals surface area contributed by atoms with E-state index in [-0.39, 0.29) is 56.8 Å². The molecule has 6 rings (SSSR count). The van der Waals surface area contributed by atoms with Crippen LogP contribution in [0.5, 0.6) is 6.01 Å². The van der Waals surface area contributed by atoms with E-state index >= 15 is 4.39 Å². The molecule has 1 saturated carbocycles. The van der Waals surface area contributed by atoms with Crippen molar-refractivity contribution in [2.24, 2.45) is 5.41 Å². The summed E-state index contributed by atoms with van der Waals surface area (Å²) in [5, 5.41) is -0.0223. The van der Waals surface area contributed by atoms with E-state index in [1.54, 1.807) is 11.8 Å². The molecule has 3 fully saturated rings. The van der Waals surface area contributed by atoms with Gasteiger partial charge in [-0.3, -0.25) is 9.88 Å². The van der Waals surface area contributed by atoms with Crippen molar-refractivity contribution in [3.63, 3.8) is 0 Å². The van der Waals surface area contributed by atoms with Crippen LogP contribution in [-0.4, -0.2) is 88.9 Å². The maximum Gasteiger partial charge on any atom is 0.418 e. The Morgan fingerprint density at radius 2 is 1.71 bits per heavy atom. The number of halogens is 5. The second-order valence-electron chi connectivity index (χ2n) is 14.8. The first-order chi connectivity index (χ1) is 22.4. The van der Waals surface area contributed by atoms with E-state index in [0.717, 1.165) is 32.2 Å². The van der Waals surface area contributed by atoms with Crippen LogP contribution in [0.1, 0.15) is 63.3 Å². The smallest absolute Gasteiger partial charge is 0.418 e. The van der Waals surface area contributed by atoms with Gasteiger partial charge in [-0.25, -0.2) is 9.18 Å². The van der Waals surface area contributed by atoms with E-state index in [0.29, 0.717) is 25.5 Å². The van der Waals surface area contributed by atoms with Crippen LogP contribution in [0.15, 0.2) is 12.1 Å². The van der Waals surface area contributed by atoms with Crippen LogP contribution in [0.2, 0.25) is 5.02 Å². The minimum absolute atomic E-state index is 0.0824. The van der Waals surface area contributed by atoms with Crippen LogP contribution in [0.4, 0.5) is 28.2 Å². The normalized spacial score (nSPS) is 20.5. The number of hydrogen-bond acceptors (Lipinski definition) is 8. The zero-order valence-electron chi connectivity index (χ0n) is 28.3.